The lowest BCUT2D eigenvalue weighted by atomic mass is 9.44. The monoisotopic (exact) mass is 215 g/mol. The first-order chi connectivity index (χ1) is 7.70. The molecule has 2 fully saturated rings. The van der Waals surface area contributed by atoms with Gasteiger partial charge in [0.15, 0.2) is 0 Å². The maximum Gasteiger partial charge on any atom is 0.128 e. The quantitative estimate of drug-likeness (QED) is 0.702. The van der Waals surface area contributed by atoms with E-state index in [-0.39, 0.29) is 5.82 Å². The molecule has 0 saturated heterocycles. The Labute approximate surface area is 94.9 Å². The van der Waals surface area contributed by atoms with Crippen molar-refractivity contribution in [3.63, 3.8) is 0 Å². The van der Waals surface area contributed by atoms with E-state index >= 15 is 0 Å². The standard InChI is InChI=1S/C14H14FN/c15-12-5-2-1-4-11(12)14(10-16)8-13(9-14)6-3-7-13/h1-2,4-5H,3,6-9H2. The molecule has 0 bridgehead atoms. The van der Waals surface area contributed by atoms with Gasteiger partial charge in [0.05, 0.1) is 11.5 Å². The van der Waals surface area contributed by atoms with E-state index in [0.29, 0.717) is 11.0 Å². The minimum atomic E-state index is -0.536. The Hall–Kier alpha value is -1.36. The second-order valence-corrected chi connectivity index (χ2v) is 5.38. The highest BCUT2D eigenvalue weighted by molar-refractivity contribution is 5.39. The zero-order chi connectivity index (χ0) is 11.2. The predicted molar refractivity (Wildman–Crippen MR) is 59.2 cm³/mol. The molecule has 0 N–H and O–H groups in total. The molecule has 0 amide bonds. The van der Waals surface area contributed by atoms with Gasteiger partial charge in [0.1, 0.15) is 5.82 Å². The zero-order valence-corrected chi connectivity index (χ0v) is 9.17. The van der Waals surface area contributed by atoms with Crippen LogP contribution in [0.5, 0.6) is 0 Å². The molecule has 0 aliphatic heterocycles. The molecule has 2 saturated carbocycles. The summed E-state index contributed by atoms with van der Waals surface area (Å²) in [5.41, 5.74) is 0.457. The second kappa shape index (κ2) is 3.07. The summed E-state index contributed by atoms with van der Waals surface area (Å²) in [6.45, 7) is 0. The second-order valence-electron chi connectivity index (χ2n) is 5.38. The van der Waals surface area contributed by atoms with Crippen LogP contribution in [0.3, 0.4) is 0 Å². The molecular formula is C14H14FN. The number of hydrogen-bond donors (Lipinski definition) is 0. The highest BCUT2D eigenvalue weighted by Crippen LogP contribution is 2.64. The van der Waals surface area contributed by atoms with Gasteiger partial charge in [0.2, 0.25) is 0 Å². The Morgan fingerprint density at radius 3 is 2.38 bits per heavy atom. The van der Waals surface area contributed by atoms with Gasteiger partial charge >= 0.3 is 0 Å². The molecule has 1 aromatic rings. The van der Waals surface area contributed by atoms with Crippen LogP contribution < -0.4 is 0 Å². The summed E-state index contributed by atoms with van der Waals surface area (Å²) in [5, 5.41) is 9.35. The van der Waals surface area contributed by atoms with Crippen LogP contribution in [0.4, 0.5) is 4.39 Å². The molecule has 1 nitrogen and oxygen atoms in total. The van der Waals surface area contributed by atoms with Crippen molar-refractivity contribution in [1.82, 2.24) is 0 Å². The summed E-state index contributed by atoms with van der Waals surface area (Å²) in [6.07, 6.45) is 5.45. The van der Waals surface area contributed by atoms with E-state index in [0.717, 1.165) is 12.8 Å². The number of halogens is 1. The average molecular weight is 215 g/mol. The fraction of sp³-hybridized carbons (Fsp3) is 0.500. The van der Waals surface area contributed by atoms with Crippen molar-refractivity contribution in [2.75, 3.05) is 0 Å². The Balaban J connectivity index is 1.94. The van der Waals surface area contributed by atoms with Gasteiger partial charge in [-0.25, -0.2) is 4.39 Å². The molecule has 0 radical (unpaired) electrons. The van der Waals surface area contributed by atoms with Crippen molar-refractivity contribution < 1.29 is 4.39 Å². The van der Waals surface area contributed by atoms with Crippen molar-refractivity contribution in [2.24, 2.45) is 5.41 Å². The highest BCUT2D eigenvalue weighted by Gasteiger charge is 2.58. The Bertz CT molecular complexity index is 460. The van der Waals surface area contributed by atoms with E-state index in [1.54, 1.807) is 12.1 Å². The normalized spacial score (nSPS) is 24.2. The molecule has 0 heterocycles. The fourth-order valence-corrected chi connectivity index (χ4v) is 3.44. The average Bonchev–Trinajstić information content (AvgIpc) is 2.17. The molecule has 2 aliphatic rings. The summed E-state index contributed by atoms with van der Waals surface area (Å²) >= 11 is 0. The van der Waals surface area contributed by atoms with Crippen molar-refractivity contribution in [3.05, 3.63) is 35.6 Å². The van der Waals surface area contributed by atoms with Gasteiger partial charge in [-0.15, -0.1) is 0 Å². The van der Waals surface area contributed by atoms with Gasteiger partial charge in [-0.2, -0.15) is 5.26 Å². The predicted octanol–water partition coefficient (Wildman–Crippen LogP) is 3.55. The molecule has 2 heteroatoms. The topological polar surface area (TPSA) is 23.8 Å². The molecule has 82 valence electrons. The van der Waals surface area contributed by atoms with Crippen molar-refractivity contribution >= 4 is 0 Å². The van der Waals surface area contributed by atoms with Crippen LogP contribution in [-0.2, 0) is 5.41 Å². The third kappa shape index (κ3) is 1.15. The number of nitriles is 1. The summed E-state index contributed by atoms with van der Waals surface area (Å²) < 4.78 is 13.7. The lowest BCUT2D eigenvalue weighted by Gasteiger charge is -2.58. The van der Waals surface area contributed by atoms with E-state index in [1.807, 2.05) is 6.07 Å². The smallest absolute Gasteiger partial charge is 0.128 e. The molecule has 0 aromatic heterocycles. The van der Waals surface area contributed by atoms with E-state index in [2.05, 4.69) is 6.07 Å². The molecule has 1 spiro atoms. The Morgan fingerprint density at radius 1 is 1.19 bits per heavy atom. The van der Waals surface area contributed by atoms with E-state index in [1.165, 1.54) is 25.3 Å². The maximum atomic E-state index is 13.7. The summed E-state index contributed by atoms with van der Waals surface area (Å²) in [7, 11) is 0. The third-order valence-electron chi connectivity index (χ3n) is 4.37. The third-order valence-corrected chi connectivity index (χ3v) is 4.37. The molecule has 0 unspecified atom stereocenters. The Morgan fingerprint density at radius 2 is 1.88 bits per heavy atom. The van der Waals surface area contributed by atoms with Crippen LogP contribution in [0.2, 0.25) is 0 Å². The van der Waals surface area contributed by atoms with E-state index < -0.39 is 5.41 Å². The molecule has 0 atom stereocenters. The number of benzene rings is 1. The van der Waals surface area contributed by atoms with E-state index in [9.17, 15) is 9.65 Å². The fourth-order valence-electron chi connectivity index (χ4n) is 3.44. The molecule has 3 rings (SSSR count). The highest BCUT2D eigenvalue weighted by atomic mass is 19.1. The van der Waals surface area contributed by atoms with Gasteiger partial charge in [-0.05, 0) is 37.2 Å². The van der Waals surface area contributed by atoms with Gasteiger partial charge in [-0.3, -0.25) is 0 Å². The summed E-state index contributed by atoms with van der Waals surface area (Å²) in [4.78, 5) is 0. The number of nitrogens with zero attached hydrogens (tertiary/aromatic N) is 1. The van der Waals surface area contributed by atoms with Crippen LogP contribution in [0.25, 0.3) is 0 Å². The summed E-state index contributed by atoms with van der Waals surface area (Å²) in [6, 6.07) is 9.09. The van der Waals surface area contributed by atoms with Gasteiger partial charge in [0.25, 0.3) is 0 Å². The molecule has 1 aromatic carbocycles. The minimum absolute atomic E-state index is 0.224. The molecular weight excluding hydrogens is 201 g/mol. The summed E-state index contributed by atoms with van der Waals surface area (Å²) in [5.74, 6) is -0.224. The van der Waals surface area contributed by atoms with Crippen molar-refractivity contribution in [2.45, 2.75) is 37.5 Å². The lowest BCUT2D eigenvalue weighted by molar-refractivity contribution is -0.0240. The first-order valence-electron chi connectivity index (χ1n) is 5.86. The SMILES string of the molecule is N#CC1(c2ccccc2F)CC2(CCC2)C1. The lowest BCUT2D eigenvalue weighted by Crippen LogP contribution is -2.52. The first kappa shape index (κ1) is 9.84. The maximum absolute atomic E-state index is 13.7. The van der Waals surface area contributed by atoms with Crippen LogP contribution in [0, 0.1) is 22.6 Å². The van der Waals surface area contributed by atoms with Crippen LogP contribution in [-0.4, -0.2) is 0 Å². The molecule has 16 heavy (non-hydrogen) atoms. The Kier molecular flexibility index (Phi) is 1.89. The van der Waals surface area contributed by atoms with Crippen molar-refractivity contribution in [1.29, 1.82) is 5.26 Å². The van der Waals surface area contributed by atoms with Gasteiger partial charge in [-0.1, -0.05) is 24.6 Å². The van der Waals surface area contributed by atoms with Gasteiger partial charge in [0, 0.05) is 5.56 Å². The van der Waals surface area contributed by atoms with E-state index in [4.69, 9.17) is 0 Å². The number of hydrogen-bond acceptors (Lipinski definition) is 1. The first-order valence-corrected chi connectivity index (χ1v) is 5.86. The number of rotatable bonds is 1. The largest absolute Gasteiger partial charge is 0.207 e. The zero-order valence-electron chi connectivity index (χ0n) is 9.17. The van der Waals surface area contributed by atoms with Crippen LogP contribution in [0.15, 0.2) is 24.3 Å². The molecule has 2 aliphatic carbocycles. The minimum Gasteiger partial charge on any atom is -0.207 e. The van der Waals surface area contributed by atoms with Crippen LogP contribution >= 0.6 is 0 Å². The van der Waals surface area contributed by atoms with Crippen LogP contribution in [0.1, 0.15) is 37.7 Å². The van der Waals surface area contributed by atoms with Gasteiger partial charge < -0.3 is 0 Å². The van der Waals surface area contributed by atoms with Crippen molar-refractivity contribution in [3.8, 4) is 6.07 Å².